The summed E-state index contributed by atoms with van der Waals surface area (Å²) in [6.45, 7) is 2.85. The first-order valence-electron chi connectivity index (χ1n) is 5.71. The van der Waals surface area contributed by atoms with Gasteiger partial charge in [0, 0.05) is 16.6 Å². The maximum atomic E-state index is 6.20. The predicted octanol–water partition coefficient (Wildman–Crippen LogP) is 3.04. The Kier molecular flexibility index (Phi) is 4.22. The molecule has 1 unspecified atom stereocenters. The minimum atomic E-state index is -0.426. The van der Waals surface area contributed by atoms with E-state index in [1.54, 1.807) is 22.9 Å². The van der Waals surface area contributed by atoms with Crippen molar-refractivity contribution in [3.8, 4) is 0 Å². The van der Waals surface area contributed by atoms with Crippen LogP contribution in [0.15, 0.2) is 24.5 Å². The molecule has 96 valence electrons. The van der Waals surface area contributed by atoms with Crippen LogP contribution >= 0.6 is 23.2 Å². The van der Waals surface area contributed by atoms with Crippen LogP contribution in [-0.2, 0) is 6.54 Å². The maximum absolute atomic E-state index is 6.20. The van der Waals surface area contributed by atoms with Crippen LogP contribution in [-0.4, -0.2) is 14.8 Å². The van der Waals surface area contributed by atoms with Crippen molar-refractivity contribution in [3.05, 3.63) is 46.0 Å². The van der Waals surface area contributed by atoms with Crippen molar-refractivity contribution in [2.75, 3.05) is 0 Å². The summed E-state index contributed by atoms with van der Waals surface area (Å²) >= 11 is 12.1. The van der Waals surface area contributed by atoms with Crippen LogP contribution in [0.1, 0.15) is 30.8 Å². The molecule has 1 aromatic heterocycles. The first-order valence-corrected chi connectivity index (χ1v) is 6.47. The van der Waals surface area contributed by atoms with Crippen LogP contribution in [0.3, 0.4) is 0 Å². The smallest absolute Gasteiger partial charge is 0.148 e. The van der Waals surface area contributed by atoms with Gasteiger partial charge in [0.05, 0.1) is 6.04 Å². The molecule has 0 aliphatic rings. The van der Waals surface area contributed by atoms with Gasteiger partial charge in [-0.25, -0.2) is 9.67 Å². The highest BCUT2D eigenvalue weighted by Gasteiger charge is 2.18. The molecule has 2 N–H and O–H groups in total. The summed E-state index contributed by atoms with van der Waals surface area (Å²) in [5, 5.41) is 5.34. The second kappa shape index (κ2) is 5.69. The van der Waals surface area contributed by atoms with E-state index in [0.717, 1.165) is 18.5 Å². The van der Waals surface area contributed by atoms with E-state index in [0.29, 0.717) is 15.9 Å². The summed E-state index contributed by atoms with van der Waals surface area (Å²) in [5.74, 6) is 0.695. The lowest BCUT2D eigenvalue weighted by Crippen LogP contribution is -2.19. The van der Waals surface area contributed by atoms with Crippen molar-refractivity contribution in [2.24, 2.45) is 5.73 Å². The minimum Gasteiger partial charge on any atom is -0.318 e. The summed E-state index contributed by atoms with van der Waals surface area (Å²) in [5.41, 5.74) is 6.95. The number of hydrogen-bond acceptors (Lipinski definition) is 3. The van der Waals surface area contributed by atoms with E-state index in [9.17, 15) is 0 Å². The molecule has 2 aromatic rings. The normalized spacial score (nSPS) is 12.7. The van der Waals surface area contributed by atoms with Crippen molar-refractivity contribution in [2.45, 2.75) is 25.9 Å². The van der Waals surface area contributed by atoms with Crippen molar-refractivity contribution < 1.29 is 0 Å². The Morgan fingerprint density at radius 3 is 2.89 bits per heavy atom. The molecule has 0 spiro atoms. The third kappa shape index (κ3) is 2.66. The standard InChI is InChI=1S/C12H14Cl2N4/c1-2-5-18-12(16-7-17-18)11(15)9-6-8(13)3-4-10(9)14/h3-4,6-7,11H,2,5,15H2,1H3. The van der Waals surface area contributed by atoms with Crippen LogP contribution < -0.4 is 5.73 Å². The van der Waals surface area contributed by atoms with Gasteiger partial charge in [-0.1, -0.05) is 30.1 Å². The molecule has 1 atom stereocenters. The highest BCUT2D eigenvalue weighted by atomic mass is 35.5. The number of benzene rings is 1. The van der Waals surface area contributed by atoms with Gasteiger partial charge >= 0.3 is 0 Å². The Morgan fingerprint density at radius 1 is 1.39 bits per heavy atom. The van der Waals surface area contributed by atoms with Crippen molar-refractivity contribution in [3.63, 3.8) is 0 Å². The van der Waals surface area contributed by atoms with E-state index in [-0.39, 0.29) is 0 Å². The zero-order chi connectivity index (χ0) is 13.1. The van der Waals surface area contributed by atoms with E-state index < -0.39 is 6.04 Å². The molecule has 1 heterocycles. The molecular weight excluding hydrogens is 271 g/mol. The molecule has 0 bridgehead atoms. The van der Waals surface area contributed by atoms with Crippen LogP contribution in [0.25, 0.3) is 0 Å². The van der Waals surface area contributed by atoms with Crippen molar-refractivity contribution in [1.29, 1.82) is 0 Å². The fourth-order valence-corrected chi connectivity index (χ4v) is 2.21. The Morgan fingerprint density at radius 2 is 2.17 bits per heavy atom. The molecule has 0 radical (unpaired) electrons. The SMILES string of the molecule is CCCn1ncnc1C(N)c1cc(Cl)ccc1Cl. The number of halogens is 2. The lowest BCUT2D eigenvalue weighted by atomic mass is 10.1. The van der Waals surface area contributed by atoms with Crippen LogP contribution in [0.2, 0.25) is 10.0 Å². The molecule has 0 aliphatic carbocycles. The number of aryl methyl sites for hydroxylation is 1. The summed E-state index contributed by atoms with van der Waals surface area (Å²) < 4.78 is 1.79. The first kappa shape index (κ1) is 13.3. The van der Waals surface area contributed by atoms with Crippen LogP contribution in [0.5, 0.6) is 0 Å². The van der Waals surface area contributed by atoms with Crippen LogP contribution in [0.4, 0.5) is 0 Å². The van der Waals surface area contributed by atoms with Gasteiger partial charge in [0.15, 0.2) is 0 Å². The number of aromatic nitrogens is 3. The topological polar surface area (TPSA) is 56.7 Å². The van der Waals surface area contributed by atoms with E-state index in [2.05, 4.69) is 17.0 Å². The summed E-state index contributed by atoms with van der Waals surface area (Å²) in [7, 11) is 0. The van der Waals surface area contributed by atoms with E-state index in [4.69, 9.17) is 28.9 Å². The van der Waals surface area contributed by atoms with Gasteiger partial charge < -0.3 is 5.73 Å². The zero-order valence-corrected chi connectivity index (χ0v) is 11.5. The molecule has 0 fully saturated rings. The van der Waals surface area contributed by atoms with Gasteiger partial charge in [0.2, 0.25) is 0 Å². The third-order valence-corrected chi connectivity index (χ3v) is 3.23. The van der Waals surface area contributed by atoms with Gasteiger partial charge in [-0.05, 0) is 30.2 Å². The van der Waals surface area contributed by atoms with Crippen molar-refractivity contribution in [1.82, 2.24) is 14.8 Å². The van der Waals surface area contributed by atoms with Crippen LogP contribution in [0, 0.1) is 0 Å². The molecule has 2 rings (SSSR count). The lowest BCUT2D eigenvalue weighted by Gasteiger charge is -2.14. The van der Waals surface area contributed by atoms with Gasteiger partial charge in [0.25, 0.3) is 0 Å². The molecule has 0 amide bonds. The average molecular weight is 285 g/mol. The monoisotopic (exact) mass is 284 g/mol. The highest BCUT2D eigenvalue weighted by molar-refractivity contribution is 6.33. The number of hydrogen-bond donors (Lipinski definition) is 1. The second-order valence-corrected chi connectivity index (χ2v) is 4.83. The summed E-state index contributed by atoms with van der Waals surface area (Å²) in [6.07, 6.45) is 2.47. The Balaban J connectivity index is 2.38. The number of nitrogens with two attached hydrogens (primary N) is 1. The van der Waals surface area contributed by atoms with Crippen molar-refractivity contribution >= 4 is 23.2 Å². The summed E-state index contributed by atoms with van der Waals surface area (Å²) in [6, 6.07) is 4.81. The average Bonchev–Trinajstić information content (AvgIpc) is 2.80. The number of rotatable bonds is 4. The van der Waals surface area contributed by atoms with E-state index in [1.165, 1.54) is 6.33 Å². The molecule has 6 heteroatoms. The largest absolute Gasteiger partial charge is 0.318 e. The quantitative estimate of drug-likeness (QED) is 0.939. The number of nitrogens with zero attached hydrogens (tertiary/aromatic N) is 3. The molecule has 4 nitrogen and oxygen atoms in total. The summed E-state index contributed by atoms with van der Waals surface area (Å²) in [4.78, 5) is 4.21. The molecule has 18 heavy (non-hydrogen) atoms. The van der Waals surface area contributed by atoms with E-state index in [1.807, 2.05) is 0 Å². The second-order valence-electron chi connectivity index (χ2n) is 3.98. The molecule has 0 saturated heterocycles. The minimum absolute atomic E-state index is 0.426. The first-order chi connectivity index (χ1) is 8.63. The van der Waals surface area contributed by atoms with E-state index >= 15 is 0 Å². The van der Waals surface area contributed by atoms with Gasteiger partial charge in [-0.3, -0.25) is 0 Å². The fourth-order valence-electron chi connectivity index (χ4n) is 1.79. The zero-order valence-electron chi connectivity index (χ0n) is 9.98. The molecule has 0 aliphatic heterocycles. The van der Waals surface area contributed by atoms with Gasteiger partial charge in [0.1, 0.15) is 12.2 Å². The Hall–Kier alpha value is -1.10. The third-order valence-electron chi connectivity index (χ3n) is 2.65. The highest BCUT2D eigenvalue weighted by Crippen LogP contribution is 2.28. The lowest BCUT2D eigenvalue weighted by molar-refractivity contribution is 0.553. The molecular formula is C12H14Cl2N4. The maximum Gasteiger partial charge on any atom is 0.148 e. The van der Waals surface area contributed by atoms with Gasteiger partial charge in [-0.15, -0.1) is 0 Å². The predicted molar refractivity (Wildman–Crippen MR) is 72.8 cm³/mol. The fraction of sp³-hybridized carbons (Fsp3) is 0.333. The molecule has 1 aromatic carbocycles. The Labute approximate surface area is 116 Å². The molecule has 0 saturated carbocycles. The Bertz CT molecular complexity index is 539. The van der Waals surface area contributed by atoms with Gasteiger partial charge in [-0.2, -0.15) is 5.10 Å².